The van der Waals surface area contributed by atoms with Crippen molar-refractivity contribution in [2.45, 2.75) is 51.9 Å². The lowest BCUT2D eigenvalue weighted by atomic mass is 10.1. The zero-order chi connectivity index (χ0) is 17.9. The van der Waals surface area contributed by atoms with E-state index in [2.05, 4.69) is 16.9 Å². The van der Waals surface area contributed by atoms with Gasteiger partial charge in [-0.15, -0.1) is 0 Å². The summed E-state index contributed by atoms with van der Waals surface area (Å²) >= 11 is 0.881. The third kappa shape index (κ3) is 4.01. The Hall–Kier alpha value is -2.20. The number of anilines is 1. The highest BCUT2D eigenvalue weighted by atomic mass is 32.1. The molecule has 4 N–H and O–H groups in total. The first-order valence-corrected chi connectivity index (χ1v) is 8.41. The zero-order valence-electron chi connectivity index (χ0n) is 13.4. The molecule has 0 aromatic carbocycles. The van der Waals surface area contributed by atoms with Crippen molar-refractivity contribution in [3.8, 4) is 0 Å². The molecule has 3 rings (SSSR count). The summed E-state index contributed by atoms with van der Waals surface area (Å²) in [6, 6.07) is 0. The number of aliphatic carboxylic acids is 1. The van der Waals surface area contributed by atoms with Crippen molar-refractivity contribution in [1.82, 2.24) is 14.5 Å². The van der Waals surface area contributed by atoms with Gasteiger partial charge in [0.1, 0.15) is 10.9 Å². The number of hydrogen-bond acceptors (Lipinski definition) is 7. The van der Waals surface area contributed by atoms with Crippen LogP contribution in [0.1, 0.15) is 45.8 Å². The van der Waals surface area contributed by atoms with Crippen LogP contribution in [0.25, 0.3) is 10.3 Å². The van der Waals surface area contributed by atoms with Gasteiger partial charge in [-0.3, -0.25) is 23.9 Å². The summed E-state index contributed by atoms with van der Waals surface area (Å²) in [5.41, 5.74) is 5.50. The fraction of sp³-hybridized carbons (Fsp3) is 0.571. The number of aromatic amines is 1. The molecule has 2 unspecified atom stereocenters. The lowest BCUT2D eigenvalue weighted by molar-refractivity contribution is -0.134. The number of aromatic nitrogens is 3. The molecule has 2 atom stereocenters. The van der Waals surface area contributed by atoms with E-state index in [-0.39, 0.29) is 28.7 Å². The van der Waals surface area contributed by atoms with E-state index in [4.69, 9.17) is 20.4 Å². The van der Waals surface area contributed by atoms with Crippen molar-refractivity contribution in [3.63, 3.8) is 0 Å². The first-order chi connectivity index (χ1) is 11.3. The van der Waals surface area contributed by atoms with Gasteiger partial charge in [0.05, 0.1) is 6.10 Å². The summed E-state index contributed by atoms with van der Waals surface area (Å²) in [5, 5.41) is 7.42. The molecule has 0 aliphatic carbocycles. The minimum atomic E-state index is -0.833. The smallest absolute Gasteiger partial charge is 0.311 e. The van der Waals surface area contributed by atoms with Crippen LogP contribution in [0.4, 0.5) is 5.95 Å². The monoisotopic (exact) mass is 356 g/mol. The molecule has 132 valence electrons. The Labute approximate surface area is 141 Å². The third-order valence-corrected chi connectivity index (χ3v) is 4.42. The second-order valence-corrected chi connectivity index (χ2v) is 6.40. The van der Waals surface area contributed by atoms with E-state index < -0.39 is 5.97 Å². The van der Waals surface area contributed by atoms with Crippen molar-refractivity contribution in [2.75, 3.05) is 5.73 Å². The largest absolute Gasteiger partial charge is 0.481 e. The van der Waals surface area contributed by atoms with Crippen LogP contribution in [0.2, 0.25) is 0 Å². The third-order valence-electron chi connectivity index (χ3n) is 3.48. The van der Waals surface area contributed by atoms with Gasteiger partial charge in [-0.05, 0) is 19.3 Å². The van der Waals surface area contributed by atoms with Gasteiger partial charge in [0.25, 0.3) is 11.5 Å². The number of hydrogen-bond donors (Lipinski definition) is 3. The van der Waals surface area contributed by atoms with Crippen LogP contribution in [0, 0.1) is 0 Å². The van der Waals surface area contributed by atoms with Crippen LogP contribution in [0.3, 0.4) is 0 Å². The molecule has 0 radical (unpaired) electrons. The van der Waals surface area contributed by atoms with Gasteiger partial charge in [-0.1, -0.05) is 24.7 Å². The van der Waals surface area contributed by atoms with Crippen LogP contribution in [-0.4, -0.2) is 31.7 Å². The molecule has 1 saturated heterocycles. The van der Waals surface area contributed by atoms with E-state index in [1.54, 1.807) is 0 Å². The molecule has 2 aromatic rings. The normalized spacial score (nSPS) is 19.9. The fourth-order valence-corrected chi connectivity index (χ4v) is 3.47. The SMILES string of the molecule is CC(=O)O.CCCC1CCC(n2c(=O)sc3c(=O)[nH]c(N)nc32)O1. The Balaban J connectivity index is 0.000000471. The predicted molar refractivity (Wildman–Crippen MR) is 90.3 cm³/mol. The van der Waals surface area contributed by atoms with Crippen molar-refractivity contribution in [3.05, 3.63) is 20.0 Å². The number of fused-ring (bicyclic) bond motifs is 1. The number of carbonyl (C=O) groups is 1. The molecular formula is C14H20N4O5S. The summed E-state index contributed by atoms with van der Waals surface area (Å²) in [5.74, 6) is -0.822. The number of thiazole rings is 1. The number of nitrogens with two attached hydrogens (primary N) is 1. The van der Waals surface area contributed by atoms with Gasteiger partial charge in [-0.25, -0.2) is 0 Å². The Morgan fingerprint density at radius 3 is 2.79 bits per heavy atom. The molecule has 1 aliphatic heterocycles. The minimum Gasteiger partial charge on any atom is -0.481 e. The van der Waals surface area contributed by atoms with E-state index in [0.29, 0.717) is 10.3 Å². The molecular weight excluding hydrogens is 336 g/mol. The fourth-order valence-electron chi connectivity index (χ4n) is 2.61. The first-order valence-electron chi connectivity index (χ1n) is 7.59. The van der Waals surface area contributed by atoms with E-state index in [1.165, 1.54) is 4.57 Å². The second kappa shape index (κ2) is 7.58. The molecule has 3 heterocycles. The van der Waals surface area contributed by atoms with Crippen molar-refractivity contribution < 1.29 is 14.6 Å². The quantitative estimate of drug-likeness (QED) is 0.752. The first kappa shape index (κ1) is 18.1. The maximum absolute atomic E-state index is 12.1. The van der Waals surface area contributed by atoms with Gasteiger partial charge >= 0.3 is 4.87 Å². The minimum absolute atomic E-state index is 0.0113. The molecule has 1 aliphatic rings. The van der Waals surface area contributed by atoms with Gasteiger partial charge in [-0.2, -0.15) is 4.98 Å². The summed E-state index contributed by atoms with van der Waals surface area (Å²) in [4.78, 5) is 39.2. The molecule has 10 heteroatoms. The zero-order valence-corrected chi connectivity index (χ0v) is 14.3. The average molecular weight is 356 g/mol. The maximum atomic E-state index is 12.1. The van der Waals surface area contributed by atoms with Gasteiger partial charge in [0.15, 0.2) is 5.65 Å². The highest BCUT2D eigenvalue weighted by Gasteiger charge is 2.29. The molecule has 0 saturated carbocycles. The molecule has 2 aromatic heterocycles. The Bertz CT molecular complexity index is 836. The van der Waals surface area contributed by atoms with E-state index in [1.807, 2.05) is 0 Å². The van der Waals surface area contributed by atoms with Crippen molar-refractivity contribution in [1.29, 1.82) is 0 Å². The number of H-pyrrole nitrogens is 1. The average Bonchev–Trinajstić information content (AvgIpc) is 3.03. The summed E-state index contributed by atoms with van der Waals surface area (Å²) < 4.78 is 7.65. The lowest BCUT2D eigenvalue weighted by Gasteiger charge is -2.14. The number of ether oxygens (including phenoxy) is 1. The van der Waals surface area contributed by atoms with Crippen LogP contribution in [0.5, 0.6) is 0 Å². The van der Waals surface area contributed by atoms with Crippen LogP contribution in [-0.2, 0) is 9.53 Å². The second-order valence-electron chi connectivity index (χ2n) is 5.44. The summed E-state index contributed by atoms with van der Waals surface area (Å²) in [6.07, 6.45) is 3.52. The van der Waals surface area contributed by atoms with Crippen molar-refractivity contribution in [2.24, 2.45) is 0 Å². The van der Waals surface area contributed by atoms with E-state index in [9.17, 15) is 9.59 Å². The van der Waals surface area contributed by atoms with Crippen LogP contribution in [0.15, 0.2) is 9.59 Å². The number of carboxylic acids is 1. The Morgan fingerprint density at radius 1 is 1.50 bits per heavy atom. The number of rotatable bonds is 3. The van der Waals surface area contributed by atoms with Crippen LogP contribution < -0.4 is 16.2 Å². The summed E-state index contributed by atoms with van der Waals surface area (Å²) in [7, 11) is 0. The number of nitrogen functional groups attached to an aromatic ring is 1. The highest BCUT2D eigenvalue weighted by molar-refractivity contribution is 7.16. The molecule has 0 spiro atoms. The van der Waals surface area contributed by atoms with E-state index >= 15 is 0 Å². The predicted octanol–water partition coefficient (Wildman–Crippen LogP) is 1.30. The summed E-state index contributed by atoms with van der Waals surface area (Å²) in [6.45, 7) is 3.19. The van der Waals surface area contributed by atoms with Gasteiger partial charge < -0.3 is 15.6 Å². The Kier molecular flexibility index (Phi) is 5.73. The number of nitrogens with zero attached hydrogens (tertiary/aromatic N) is 2. The molecule has 24 heavy (non-hydrogen) atoms. The number of nitrogens with one attached hydrogen (secondary N) is 1. The number of carboxylic acid groups (broad SMARTS) is 1. The van der Waals surface area contributed by atoms with Gasteiger partial charge in [0.2, 0.25) is 5.95 Å². The van der Waals surface area contributed by atoms with E-state index in [0.717, 1.165) is 43.9 Å². The van der Waals surface area contributed by atoms with Crippen LogP contribution >= 0.6 is 11.3 Å². The Morgan fingerprint density at radius 2 is 2.17 bits per heavy atom. The molecule has 1 fully saturated rings. The molecule has 9 nitrogen and oxygen atoms in total. The van der Waals surface area contributed by atoms with Gasteiger partial charge in [0, 0.05) is 6.92 Å². The molecule has 0 amide bonds. The highest BCUT2D eigenvalue weighted by Crippen LogP contribution is 2.31. The topological polar surface area (TPSA) is 140 Å². The maximum Gasteiger partial charge on any atom is 0.311 e. The standard InChI is InChI=1S/C12H16N4O3S.C2H4O2/c1-2-3-6-4-5-7(19-6)16-9-8(20-12(16)18)10(17)15-11(13)14-9;1-2(3)4/h6-7H,2-5H2,1H3,(H3,13,14,15,17);1H3,(H,3,4). The molecule has 0 bridgehead atoms. The van der Waals surface area contributed by atoms with Crippen molar-refractivity contribution >= 4 is 33.6 Å². The lowest BCUT2D eigenvalue weighted by Crippen LogP contribution is -2.21.